The normalized spacial score (nSPS) is 15.6. The largest absolute Gasteiger partial charge is 0.489 e. The number of benzene rings is 2. The lowest BCUT2D eigenvalue weighted by Crippen LogP contribution is -2.33. The fourth-order valence-electron chi connectivity index (χ4n) is 2.30. The zero-order chi connectivity index (χ0) is 16.6. The molecule has 23 heavy (non-hydrogen) atoms. The van der Waals surface area contributed by atoms with Crippen molar-refractivity contribution in [1.29, 1.82) is 0 Å². The van der Waals surface area contributed by atoms with Crippen LogP contribution in [0.4, 0.5) is 0 Å². The zero-order valence-electron chi connectivity index (χ0n) is 11.7. The van der Waals surface area contributed by atoms with Crippen molar-refractivity contribution < 1.29 is 17.9 Å². The second-order valence-corrected chi connectivity index (χ2v) is 7.42. The predicted molar refractivity (Wildman–Crippen MR) is 86.6 cm³/mol. The molecular weight excluding hydrogens is 361 g/mol. The molecule has 1 amide bonds. The van der Waals surface area contributed by atoms with Gasteiger partial charge in [-0.15, -0.1) is 0 Å². The number of sulfonamides is 1. The molecule has 0 atom stereocenters. The lowest BCUT2D eigenvalue weighted by atomic mass is 10.2. The molecule has 5 nitrogen and oxygen atoms in total. The smallest absolute Gasteiger partial charge is 0.269 e. The molecule has 0 aliphatic carbocycles. The predicted octanol–water partition coefficient (Wildman–Crippen LogP) is 3.22. The van der Waals surface area contributed by atoms with Gasteiger partial charge in [0.05, 0.1) is 22.2 Å². The molecule has 0 radical (unpaired) electrons. The van der Waals surface area contributed by atoms with E-state index in [-0.39, 0.29) is 29.4 Å². The molecule has 0 saturated carbocycles. The first-order chi connectivity index (χ1) is 10.9. The summed E-state index contributed by atoms with van der Waals surface area (Å²) in [5, 5.41) is 0.632. The summed E-state index contributed by atoms with van der Waals surface area (Å²) in [4.78, 5) is 12.2. The number of para-hydroxylation sites is 1. The summed E-state index contributed by atoms with van der Waals surface area (Å²) in [6.45, 7) is -0.181. The highest BCUT2D eigenvalue weighted by atomic mass is 35.5. The van der Waals surface area contributed by atoms with Gasteiger partial charge in [-0.05, 0) is 24.3 Å². The zero-order valence-corrected chi connectivity index (χ0v) is 14.0. The van der Waals surface area contributed by atoms with E-state index in [0.29, 0.717) is 10.0 Å². The lowest BCUT2D eigenvalue weighted by Gasteiger charge is -2.16. The molecule has 2 aromatic carbocycles. The van der Waals surface area contributed by atoms with Crippen LogP contribution in [0.2, 0.25) is 10.0 Å². The van der Waals surface area contributed by atoms with Gasteiger partial charge in [0.15, 0.2) is 5.75 Å². The maximum Gasteiger partial charge on any atom is 0.269 e. The minimum absolute atomic E-state index is 0.0146. The van der Waals surface area contributed by atoms with E-state index in [1.807, 2.05) is 0 Å². The number of carbonyl (C=O) groups excluding carboxylic acids is 1. The molecule has 0 bridgehead atoms. The third kappa shape index (κ3) is 2.78. The van der Waals surface area contributed by atoms with Gasteiger partial charge in [-0.3, -0.25) is 4.79 Å². The number of halogens is 2. The van der Waals surface area contributed by atoms with Crippen molar-refractivity contribution in [3.8, 4) is 5.75 Å². The SMILES string of the molecule is O=C1c2ccccc2S(=O)(=O)N1CCOc1c(Cl)cccc1Cl. The van der Waals surface area contributed by atoms with Crippen LogP contribution in [0.5, 0.6) is 5.75 Å². The standard InChI is InChI=1S/C15H11Cl2NO4S/c16-11-5-3-6-12(17)14(11)22-9-8-18-15(19)10-4-1-2-7-13(10)23(18,20)21/h1-7H,8-9H2. The molecule has 1 aliphatic heterocycles. The van der Waals surface area contributed by atoms with Gasteiger partial charge >= 0.3 is 0 Å². The van der Waals surface area contributed by atoms with Gasteiger partial charge in [-0.1, -0.05) is 41.4 Å². The molecule has 1 aliphatic rings. The average molecular weight is 372 g/mol. The van der Waals surface area contributed by atoms with E-state index < -0.39 is 15.9 Å². The number of hydrogen-bond acceptors (Lipinski definition) is 4. The Morgan fingerprint density at radius 3 is 2.30 bits per heavy atom. The number of hydrogen-bond donors (Lipinski definition) is 0. The molecule has 0 saturated heterocycles. The molecule has 0 aromatic heterocycles. The van der Waals surface area contributed by atoms with E-state index >= 15 is 0 Å². The Bertz CT molecular complexity index is 863. The van der Waals surface area contributed by atoms with Gasteiger partial charge in [0.1, 0.15) is 11.5 Å². The van der Waals surface area contributed by atoms with Crippen molar-refractivity contribution in [2.24, 2.45) is 0 Å². The Morgan fingerprint density at radius 1 is 1.00 bits per heavy atom. The van der Waals surface area contributed by atoms with E-state index in [1.165, 1.54) is 12.1 Å². The first-order valence-electron chi connectivity index (χ1n) is 6.66. The lowest BCUT2D eigenvalue weighted by molar-refractivity contribution is 0.0857. The average Bonchev–Trinajstić information content (AvgIpc) is 2.71. The number of rotatable bonds is 4. The number of carbonyl (C=O) groups is 1. The fourth-order valence-corrected chi connectivity index (χ4v) is 4.36. The second kappa shape index (κ2) is 6.03. The Kier molecular flexibility index (Phi) is 4.23. The summed E-state index contributed by atoms with van der Waals surface area (Å²) < 4.78 is 31.0. The quantitative estimate of drug-likeness (QED) is 0.827. The molecule has 0 N–H and O–H groups in total. The van der Waals surface area contributed by atoms with Crippen molar-refractivity contribution in [1.82, 2.24) is 4.31 Å². The van der Waals surface area contributed by atoms with Crippen LogP contribution >= 0.6 is 23.2 Å². The van der Waals surface area contributed by atoms with Crippen LogP contribution in [-0.2, 0) is 10.0 Å². The van der Waals surface area contributed by atoms with Crippen LogP contribution < -0.4 is 4.74 Å². The van der Waals surface area contributed by atoms with Crippen molar-refractivity contribution in [2.75, 3.05) is 13.2 Å². The number of nitrogens with zero attached hydrogens (tertiary/aromatic N) is 1. The van der Waals surface area contributed by atoms with Crippen LogP contribution in [0.3, 0.4) is 0 Å². The third-order valence-electron chi connectivity index (χ3n) is 3.37. The van der Waals surface area contributed by atoms with Crippen molar-refractivity contribution >= 4 is 39.1 Å². The molecule has 2 aromatic rings. The van der Waals surface area contributed by atoms with Gasteiger partial charge in [0, 0.05) is 0 Å². The molecular formula is C15H11Cl2NO4S. The first-order valence-corrected chi connectivity index (χ1v) is 8.85. The Balaban J connectivity index is 1.76. The van der Waals surface area contributed by atoms with E-state index in [0.717, 1.165) is 4.31 Å². The van der Waals surface area contributed by atoms with Gasteiger partial charge in [0.2, 0.25) is 0 Å². The number of amides is 1. The summed E-state index contributed by atoms with van der Waals surface area (Å²) in [6.07, 6.45) is 0. The molecule has 8 heteroatoms. The molecule has 0 fully saturated rings. The minimum Gasteiger partial charge on any atom is -0.489 e. The number of fused-ring (bicyclic) bond motifs is 1. The minimum atomic E-state index is -3.83. The van der Waals surface area contributed by atoms with Crippen LogP contribution in [0.15, 0.2) is 47.4 Å². The topological polar surface area (TPSA) is 63.7 Å². The van der Waals surface area contributed by atoms with Crippen LogP contribution in [-0.4, -0.2) is 31.8 Å². The van der Waals surface area contributed by atoms with E-state index in [9.17, 15) is 13.2 Å². The Labute approximate surface area is 143 Å². The third-order valence-corrected chi connectivity index (χ3v) is 5.81. The van der Waals surface area contributed by atoms with Crippen LogP contribution in [0.1, 0.15) is 10.4 Å². The van der Waals surface area contributed by atoms with Crippen molar-refractivity contribution in [3.05, 3.63) is 58.1 Å². The monoisotopic (exact) mass is 371 g/mol. The number of ether oxygens (including phenoxy) is 1. The second-order valence-electron chi connectivity index (χ2n) is 4.78. The maximum absolute atomic E-state index is 12.4. The van der Waals surface area contributed by atoms with Gasteiger partial charge < -0.3 is 4.74 Å². The first kappa shape index (κ1) is 16.1. The summed E-state index contributed by atoms with van der Waals surface area (Å²) in [7, 11) is -3.83. The van der Waals surface area contributed by atoms with E-state index in [4.69, 9.17) is 27.9 Å². The Hall–Kier alpha value is -1.76. The highest BCUT2D eigenvalue weighted by Crippen LogP contribution is 2.33. The van der Waals surface area contributed by atoms with Crippen LogP contribution in [0, 0.1) is 0 Å². The van der Waals surface area contributed by atoms with Gasteiger partial charge in [-0.2, -0.15) is 0 Å². The van der Waals surface area contributed by atoms with Crippen LogP contribution in [0.25, 0.3) is 0 Å². The summed E-state index contributed by atoms with van der Waals surface area (Å²) in [5.74, 6) is -0.299. The molecule has 3 rings (SSSR count). The summed E-state index contributed by atoms with van der Waals surface area (Å²) >= 11 is 11.9. The van der Waals surface area contributed by atoms with Crippen molar-refractivity contribution in [3.63, 3.8) is 0 Å². The summed E-state index contributed by atoms with van der Waals surface area (Å²) in [6, 6.07) is 11.0. The highest BCUT2D eigenvalue weighted by Gasteiger charge is 2.40. The van der Waals surface area contributed by atoms with Crippen molar-refractivity contribution in [2.45, 2.75) is 4.90 Å². The highest BCUT2D eigenvalue weighted by molar-refractivity contribution is 7.90. The molecule has 1 heterocycles. The fraction of sp³-hybridized carbons (Fsp3) is 0.133. The molecule has 0 spiro atoms. The van der Waals surface area contributed by atoms with Gasteiger partial charge in [-0.25, -0.2) is 12.7 Å². The Morgan fingerprint density at radius 2 is 1.65 bits per heavy atom. The van der Waals surface area contributed by atoms with E-state index in [2.05, 4.69) is 0 Å². The van der Waals surface area contributed by atoms with E-state index in [1.54, 1.807) is 30.3 Å². The maximum atomic E-state index is 12.4. The summed E-state index contributed by atoms with van der Waals surface area (Å²) in [5.41, 5.74) is 0.170. The molecule has 0 unspecified atom stereocenters. The molecule has 120 valence electrons. The van der Waals surface area contributed by atoms with Gasteiger partial charge in [0.25, 0.3) is 15.9 Å².